The average Bonchev–Trinajstić information content (AvgIpc) is 3.07. The van der Waals surface area contributed by atoms with E-state index in [4.69, 9.17) is 13.9 Å². The first-order chi connectivity index (χ1) is 11.8. The minimum Gasteiger partial charge on any atom is -0.502 e. The number of carbonyl (C=O) groups is 1. The number of methoxy groups -OCH3 is 1. The Labute approximate surface area is 146 Å². The van der Waals surface area contributed by atoms with E-state index in [2.05, 4.69) is 0 Å². The second-order valence-electron chi connectivity index (χ2n) is 5.53. The van der Waals surface area contributed by atoms with Crippen LogP contribution >= 0.6 is 10.8 Å². The summed E-state index contributed by atoms with van der Waals surface area (Å²) in [4.78, 5) is 11.4. The molecule has 1 aliphatic heterocycles. The van der Waals surface area contributed by atoms with Gasteiger partial charge in [0.05, 0.1) is 12.9 Å². The van der Waals surface area contributed by atoms with E-state index in [9.17, 15) is 19.0 Å². The third-order valence-corrected chi connectivity index (χ3v) is 5.67. The van der Waals surface area contributed by atoms with Gasteiger partial charge in [-0.05, 0) is 30.7 Å². The highest BCUT2D eigenvalue weighted by molar-refractivity contribution is 8.25. The predicted molar refractivity (Wildman–Crippen MR) is 93.3 cm³/mol. The molecule has 0 bridgehead atoms. The lowest BCUT2D eigenvalue weighted by molar-refractivity contribution is -0.132. The first-order valence-corrected chi connectivity index (χ1v) is 9.23. The number of furan rings is 1. The molecule has 0 atom stereocenters. The molecule has 9 heteroatoms. The highest BCUT2D eigenvalue weighted by Crippen LogP contribution is 2.57. The number of hydrogen-bond acceptors (Lipinski definition) is 8. The lowest BCUT2D eigenvalue weighted by Crippen LogP contribution is -2.22. The first-order valence-electron chi connectivity index (χ1n) is 7.55. The monoisotopic (exact) mass is 369 g/mol. The summed E-state index contributed by atoms with van der Waals surface area (Å²) in [7, 11) is -1.54. The van der Waals surface area contributed by atoms with Gasteiger partial charge in [0.2, 0.25) is 11.5 Å². The van der Waals surface area contributed by atoms with E-state index < -0.39 is 16.7 Å². The van der Waals surface area contributed by atoms with Crippen molar-refractivity contribution in [2.45, 2.75) is 13.3 Å². The SMILES string of the molecule is COc1ccc(-c2oc(N3CCCS3(O)O)c(OC(C)=O)c2O)cc1. The van der Waals surface area contributed by atoms with E-state index in [0.29, 0.717) is 24.3 Å². The Morgan fingerprint density at radius 1 is 1.28 bits per heavy atom. The van der Waals surface area contributed by atoms with Crippen LogP contribution in [-0.2, 0) is 4.79 Å². The number of carbonyl (C=O) groups excluding carboxylic acids is 1. The summed E-state index contributed by atoms with van der Waals surface area (Å²) >= 11 is 0. The molecule has 1 aliphatic rings. The number of benzene rings is 1. The molecule has 0 saturated carbocycles. The number of esters is 1. The maximum atomic E-state index is 11.4. The Balaban J connectivity index is 2.09. The molecule has 1 aromatic carbocycles. The van der Waals surface area contributed by atoms with Crippen molar-refractivity contribution in [3.8, 4) is 28.6 Å². The van der Waals surface area contributed by atoms with Crippen LogP contribution in [0.4, 0.5) is 5.88 Å². The molecule has 3 N–H and O–H groups in total. The maximum Gasteiger partial charge on any atom is 0.308 e. The standard InChI is InChI=1S/C16H19NO7S/c1-10(18)23-15-13(19)14(11-4-6-12(22-2)7-5-11)24-16(15)17-8-3-9-25(17,20)21/h4-7,19-21H,3,8-9H2,1-2H3. The van der Waals surface area contributed by atoms with Crippen LogP contribution in [0.5, 0.6) is 17.2 Å². The average molecular weight is 369 g/mol. The molecule has 8 nitrogen and oxygen atoms in total. The molecule has 0 radical (unpaired) electrons. The number of aromatic hydroxyl groups is 1. The van der Waals surface area contributed by atoms with Crippen LogP contribution in [-0.4, -0.2) is 39.6 Å². The summed E-state index contributed by atoms with van der Waals surface area (Å²) < 4.78 is 37.4. The number of rotatable bonds is 4. The van der Waals surface area contributed by atoms with E-state index in [1.54, 1.807) is 24.3 Å². The third-order valence-electron chi connectivity index (χ3n) is 3.78. The fourth-order valence-electron chi connectivity index (χ4n) is 2.63. The van der Waals surface area contributed by atoms with Gasteiger partial charge in [-0.25, -0.2) is 4.31 Å². The molecule has 2 aromatic rings. The van der Waals surface area contributed by atoms with Gasteiger partial charge < -0.3 is 19.0 Å². The van der Waals surface area contributed by atoms with Crippen LogP contribution in [0, 0.1) is 0 Å². The maximum absolute atomic E-state index is 11.4. The molecule has 0 amide bonds. The smallest absolute Gasteiger partial charge is 0.308 e. The van der Waals surface area contributed by atoms with Crippen LogP contribution in [0.2, 0.25) is 0 Å². The van der Waals surface area contributed by atoms with Gasteiger partial charge in [-0.3, -0.25) is 13.9 Å². The Hall–Kier alpha value is -2.36. The van der Waals surface area contributed by atoms with E-state index >= 15 is 0 Å². The van der Waals surface area contributed by atoms with Crippen LogP contribution in [0.15, 0.2) is 28.7 Å². The lowest BCUT2D eigenvalue weighted by atomic mass is 10.1. The first kappa shape index (κ1) is 17.5. The number of ether oxygens (including phenoxy) is 2. The van der Waals surface area contributed by atoms with Crippen LogP contribution < -0.4 is 13.8 Å². The highest BCUT2D eigenvalue weighted by atomic mass is 32.3. The van der Waals surface area contributed by atoms with Crippen LogP contribution in [0.1, 0.15) is 13.3 Å². The minimum atomic E-state index is -3.08. The van der Waals surface area contributed by atoms with Crippen LogP contribution in [0.25, 0.3) is 11.3 Å². The summed E-state index contributed by atoms with van der Waals surface area (Å²) in [6.45, 7) is 1.50. The Morgan fingerprint density at radius 3 is 2.48 bits per heavy atom. The molecule has 0 aliphatic carbocycles. The molecule has 1 fully saturated rings. The van der Waals surface area contributed by atoms with Crippen molar-refractivity contribution < 1.29 is 32.9 Å². The molecule has 25 heavy (non-hydrogen) atoms. The van der Waals surface area contributed by atoms with E-state index in [1.165, 1.54) is 18.3 Å². The van der Waals surface area contributed by atoms with Crippen molar-refractivity contribution >= 4 is 22.6 Å². The van der Waals surface area contributed by atoms with Crippen molar-refractivity contribution in [2.75, 3.05) is 23.7 Å². The number of hydrogen-bond donors (Lipinski definition) is 3. The van der Waals surface area contributed by atoms with Crippen molar-refractivity contribution in [2.24, 2.45) is 0 Å². The molecule has 2 heterocycles. The van der Waals surface area contributed by atoms with Gasteiger partial charge in [-0.2, -0.15) is 0 Å². The van der Waals surface area contributed by atoms with E-state index in [-0.39, 0.29) is 28.9 Å². The number of anilines is 1. The molecule has 3 rings (SSSR count). The second-order valence-corrected chi connectivity index (χ2v) is 7.64. The minimum absolute atomic E-state index is 0.0657. The zero-order valence-electron chi connectivity index (χ0n) is 13.8. The Kier molecular flexibility index (Phi) is 4.55. The third kappa shape index (κ3) is 3.26. The van der Waals surface area contributed by atoms with E-state index in [1.807, 2.05) is 0 Å². The second kappa shape index (κ2) is 6.51. The topological polar surface area (TPSA) is 113 Å². The predicted octanol–water partition coefficient (Wildman–Crippen LogP) is 3.46. The summed E-state index contributed by atoms with van der Waals surface area (Å²) in [6.07, 6.45) is 0.543. The summed E-state index contributed by atoms with van der Waals surface area (Å²) in [5, 5.41) is 10.5. The Bertz CT molecular complexity index is 785. The normalized spacial score (nSPS) is 17.4. The lowest BCUT2D eigenvalue weighted by Gasteiger charge is -2.36. The molecule has 136 valence electrons. The summed E-state index contributed by atoms with van der Waals surface area (Å²) in [6, 6.07) is 6.71. The van der Waals surface area contributed by atoms with Gasteiger partial charge in [0.1, 0.15) is 5.75 Å². The largest absolute Gasteiger partial charge is 0.502 e. The van der Waals surface area contributed by atoms with Gasteiger partial charge in [-0.1, -0.05) is 0 Å². The fraction of sp³-hybridized carbons (Fsp3) is 0.312. The number of nitrogens with zero attached hydrogens (tertiary/aromatic N) is 1. The zero-order valence-corrected chi connectivity index (χ0v) is 14.6. The molecule has 0 spiro atoms. The summed E-state index contributed by atoms with van der Waals surface area (Å²) in [5.41, 5.74) is 0.522. The van der Waals surface area contributed by atoms with Gasteiger partial charge in [0, 0.05) is 19.0 Å². The fourth-order valence-corrected chi connectivity index (χ4v) is 4.17. The molecular weight excluding hydrogens is 350 g/mol. The molecule has 1 aromatic heterocycles. The van der Waals surface area contributed by atoms with Gasteiger partial charge >= 0.3 is 5.97 Å². The highest BCUT2D eigenvalue weighted by Gasteiger charge is 2.37. The summed E-state index contributed by atoms with van der Waals surface area (Å²) in [5.74, 6) is -0.450. The van der Waals surface area contributed by atoms with Gasteiger partial charge in [0.25, 0.3) is 5.88 Å². The van der Waals surface area contributed by atoms with Gasteiger partial charge in [0.15, 0.2) is 5.76 Å². The zero-order chi connectivity index (χ0) is 18.2. The quantitative estimate of drug-likeness (QED) is 0.702. The van der Waals surface area contributed by atoms with Crippen molar-refractivity contribution in [3.63, 3.8) is 0 Å². The van der Waals surface area contributed by atoms with Crippen molar-refractivity contribution in [1.29, 1.82) is 0 Å². The molecule has 1 saturated heterocycles. The van der Waals surface area contributed by atoms with Crippen molar-refractivity contribution in [1.82, 2.24) is 0 Å². The van der Waals surface area contributed by atoms with Gasteiger partial charge in [-0.15, -0.1) is 10.8 Å². The molecule has 0 unspecified atom stereocenters. The van der Waals surface area contributed by atoms with Crippen LogP contribution in [0.3, 0.4) is 0 Å². The Morgan fingerprint density at radius 2 is 1.96 bits per heavy atom. The van der Waals surface area contributed by atoms with Crippen molar-refractivity contribution in [3.05, 3.63) is 24.3 Å². The molecular formula is C16H19NO7S. The van der Waals surface area contributed by atoms with E-state index in [0.717, 1.165) is 0 Å².